The summed E-state index contributed by atoms with van der Waals surface area (Å²) in [6.07, 6.45) is 0. The molecule has 0 aliphatic rings. The maximum Gasteiger partial charge on any atom is 0.251 e. The number of carbonyl (C=O) groups is 1. The van der Waals surface area contributed by atoms with Crippen molar-refractivity contribution in [3.8, 4) is 0 Å². The van der Waals surface area contributed by atoms with Crippen LogP contribution in [0.15, 0.2) is 52.2 Å². The number of hydrogen-bond acceptors (Lipinski definition) is 4. The highest BCUT2D eigenvalue weighted by molar-refractivity contribution is 8.00. The smallest absolute Gasteiger partial charge is 0.251 e. The molecule has 1 heterocycles. The van der Waals surface area contributed by atoms with E-state index >= 15 is 0 Å². The number of hydrogen-bond donors (Lipinski definition) is 1. The van der Waals surface area contributed by atoms with Crippen molar-refractivity contribution in [2.45, 2.75) is 30.5 Å². The second-order valence-corrected chi connectivity index (χ2v) is 8.05. The predicted octanol–water partition coefficient (Wildman–Crippen LogP) is 5.12. The van der Waals surface area contributed by atoms with Crippen molar-refractivity contribution in [3.05, 3.63) is 81.6 Å². The molecule has 3 nitrogen and oxygen atoms in total. The first-order valence-electron chi connectivity index (χ1n) is 8.19. The van der Waals surface area contributed by atoms with Crippen LogP contribution in [-0.4, -0.2) is 10.9 Å². The van der Waals surface area contributed by atoms with E-state index in [1.807, 2.05) is 42.6 Å². The van der Waals surface area contributed by atoms with Gasteiger partial charge in [-0.2, -0.15) is 0 Å². The molecule has 0 unspecified atom stereocenters. The van der Waals surface area contributed by atoms with Crippen molar-refractivity contribution < 1.29 is 9.18 Å². The first kappa shape index (κ1) is 18.6. The number of aryl methyl sites for hydroxylation is 2. The van der Waals surface area contributed by atoms with Crippen LogP contribution in [0.5, 0.6) is 0 Å². The summed E-state index contributed by atoms with van der Waals surface area (Å²) in [7, 11) is 0. The molecule has 1 N–H and O–H groups in total. The lowest BCUT2D eigenvalue weighted by atomic mass is 10.1. The average molecular weight is 387 g/mol. The Hall–Kier alpha value is -2.18. The van der Waals surface area contributed by atoms with Gasteiger partial charge in [0.2, 0.25) is 0 Å². The summed E-state index contributed by atoms with van der Waals surface area (Å²) in [5.74, 6) is 0.264. The summed E-state index contributed by atoms with van der Waals surface area (Å²) >= 11 is 3.23. The molecule has 0 saturated carbocycles. The van der Waals surface area contributed by atoms with Gasteiger partial charge < -0.3 is 5.32 Å². The number of rotatable bonds is 6. The molecule has 0 bridgehead atoms. The molecule has 0 aliphatic carbocycles. The highest BCUT2D eigenvalue weighted by atomic mass is 32.2. The fraction of sp³-hybridized carbons (Fsp3) is 0.200. The molecule has 1 amide bonds. The SMILES string of the molecule is Cc1csc(SCc2ccccc2C(=O)NCc2ccc(C)c(F)c2)n1. The van der Waals surface area contributed by atoms with Gasteiger partial charge >= 0.3 is 0 Å². The molecular weight excluding hydrogens is 367 g/mol. The van der Waals surface area contributed by atoms with E-state index in [2.05, 4.69) is 10.3 Å². The quantitative estimate of drug-likeness (QED) is 0.598. The van der Waals surface area contributed by atoms with E-state index in [9.17, 15) is 9.18 Å². The lowest BCUT2D eigenvalue weighted by molar-refractivity contribution is 0.0950. The lowest BCUT2D eigenvalue weighted by Gasteiger charge is -2.10. The Labute approximate surface area is 160 Å². The molecule has 2 aromatic carbocycles. The van der Waals surface area contributed by atoms with Crippen LogP contribution >= 0.6 is 23.1 Å². The van der Waals surface area contributed by atoms with Crippen molar-refractivity contribution in [3.63, 3.8) is 0 Å². The summed E-state index contributed by atoms with van der Waals surface area (Å²) < 4.78 is 14.6. The van der Waals surface area contributed by atoms with Crippen LogP contribution in [0.2, 0.25) is 0 Å². The Morgan fingerprint density at radius 2 is 2.04 bits per heavy atom. The molecule has 1 aromatic heterocycles. The number of nitrogens with zero attached hydrogens (tertiary/aromatic N) is 1. The third-order valence-electron chi connectivity index (χ3n) is 3.90. The summed E-state index contributed by atoms with van der Waals surface area (Å²) in [6.45, 7) is 3.98. The molecule has 0 spiro atoms. The van der Waals surface area contributed by atoms with Gasteiger partial charge in [0.15, 0.2) is 0 Å². The van der Waals surface area contributed by atoms with Crippen LogP contribution < -0.4 is 5.32 Å². The van der Waals surface area contributed by atoms with Crippen molar-refractivity contribution in [1.82, 2.24) is 10.3 Å². The fourth-order valence-corrected chi connectivity index (χ4v) is 4.28. The molecule has 134 valence electrons. The molecule has 0 aliphatic heterocycles. The van der Waals surface area contributed by atoms with Crippen molar-refractivity contribution >= 4 is 29.0 Å². The maximum atomic E-state index is 13.6. The third-order valence-corrected chi connectivity index (χ3v) is 6.09. The third kappa shape index (κ3) is 4.71. The average Bonchev–Trinajstić information content (AvgIpc) is 3.06. The van der Waals surface area contributed by atoms with Gasteiger partial charge in [-0.3, -0.25) is 4.79 Å². The highest BCUT2D eigenvalue weighted by Crippen LogP contribution is 2.27. The first-order chi connectivity index (χ1) is 12.5. The topological polar surface area (TPSA) is 42.0 Å². The number of nitrogens with one attached hydrogen (secondary N) is 1. The zero-order valence-corrected chi connectivity index (χ0v) is 16.2. The van der Waals surface area contributed by atoms with Crippen LogP contribution in [0.3, 0.4) is 0 Å². The number of thioether (sulfide) groups is 1. The van der Waals surface area contributed by atoms with E-state index in [0.29, 0.717) is 23.4 Å². The lowest BCUT2D eigenvalue weighted by Crippen LogP contribution is -2.24. The minimum absolute atomic E-state index is 0.155. The Balaban J connectivity index is 1.66. The van der Waals surface area contributed by atoms with Crippen LogP contribution in [0.25, 0.3) is 0 Å². The number of thiazole rings is 1. The number of aromatic nitrogens is 1. The minimum Gasteiger partial charge on any atom is -0.348 e. The Bertz CT molecular complexity index is 924. The van der Waals surface area contributed by atoms with E-state index < -0.39 is 0 Å². The molecule has 6 heteroatoms. The van der Waals surface area contributed by atoms with Gasteiger partial charge in [0.1, 0.15) is 10.2 Å². The standard InChI is InChI=1S/C20H19FN2OS2/c1-13-7-8-15(9-18(13)21)10-22-19(24)17-6-4-3-5-16(17)12-26-20-23-14(2)11-25-20/h3-9,11H,10,12H2,1-2H3,(H,22,24). The molecule has 0 fully saturated rings. The Morgan fingerprint density at radius 1 is 1.23 bits per heavy atom. The minimum atomic E-state index is -0.257. The maximum absolute atomic E-state index is 13.6. The van der Waals surface area contributed by atoms with Gasteiger partial charge in [0.05, 0.1) is 0 Å². The Morgan fingerprint density at radius 3 is 2.77 bits per heavy atom. The van der Waals surface area contributed by atoms with Crippen LogP contribution in [0, 0.1) is 19.7 Å². The van der Waals surface area contributed by atoms with Crippen molar-refractivity contribution in [1.29, 1.82) is 0 Å². The second-order valence-electron chi connectivity index (χ2n) is 5.97. The fourth-order valence-electron chi connectivity index (χ4n) is 2.43. The van der Waals surface area contributed by atoms with Crippen molar-refractivity contribution in [2.75, 3.05) is 0 Å². The molecule has 26 heavy (non-hydrogen) atoms. The molecule has 0 atom stereocenters. The van der Waals surface area contributed by atoms with Gasteiger partial charge in [0.25, 0.3) is 5.91 Å². The zero-order chi connectivity index (χ0) is 18.5. The number of halogens is 1. The molecule has 0 radical (unpaired) electrons. The van der Waals surface area contributed by atoms with Gasteiger partial charge in [-0.15, -0.1) is 11.3 Å². The first-order valence-corrected chi connectivity index (χ1v) is 10.1. The molecular formula is C20H19FN2OS2. The molecule has 3 aromatic rings. The van der Waals surface area contributed by atoms with E-state index in [1.165, 1.54) is 6.07 Å². The predicted molar refractivity (Wildman–Crippen MR) is 105 cm³/mol. The second kappa shape index (κ2) is 8.47. The van der Waals surface area contributed by atoms with Crippen LogP contribution in [-0.2, 0) is 12.3 Å². The number of amides is 1. The van der Waals surface area contributed by atoms with Gasteiger partial charge in [0, 0.05) is 28.9 Å². The normalized spacial score (nSPS) is 10.7. The Kier molecular flexibility index (Phi) is 6.06. The molecule has 3 rings (SSSR count). The number of benzene rings is 2. The largest absolute Gasteiger partial charge is 0.348 e. The van der Waals surface area contributed by atoms with Crippen LogP contribution in [0.1, 0.15) is 32.7 Å². The summed E-state index contributed by atoms with van der Waals surface area (Å²) in [6, 6.07) is 12.5. The van der Waals surface area contributed by atoms with E-state index in [-0.39, 0.29) is 11.7 Å². The van der Waals surface area contributed by atoms with E-state index in [0.717, 1.165) is 21.2 Å². The monoisotopic (exact) mass is 386 g/mol. The van der Waals surface area contributed by atoms with Crippen molar-refractivity contribution in [2.24, 2.45) is 0 Å². The van der Waals surface area contributed by atoms with Crippen LogP contribution in [0.4, 0.5) is 4.39 Å². The summed E-state index contributed by atoms with van der Waals surface area (Å²) in [5.41, 5.74) is 3.94. The zero-order valence-electron chi connectivity index (χ0n) is 14.6. The van der Waals surface area contributed by atoms with E-state index in [1.54, 1.807) is 36.1 Å². The summed E-state index contributed by atoms with van der Waals surface area (Å²) in [4.78, 5) is 17.0. The van der Waals surface area contributed by atoms with Gasteiger partial charge in [-0.05, 0) is 42.7 Å². The molecule has 0 saturated heterocycles. The van der Waals surface area contributed by atoms with Gasteiger partial charge in [-0.1, -0.05) is 42.1 Å². The van der Waals surface area contributed by atoms with Gasteiger partial charge in [-0.25, -0.2) is 9.37 Å². The summed E-state index contributed by atoms with van der Waals surface area (Å²) in [5, 5.41) is 4.89. The van der Waals surface area contributed by atoms with E-state index in [4.69, 9.17) is 0 Å². The highest BCUT2D eigenvalue weighted by Gasteiger charge is 2.12. The number of carbonyl (C=O) groups excluding carboxylic acids is 1.